The molecular weight excluding hydrogens is 172 g/mol. The van der Waals surface area contributed by atoms with Crippen LogP contribution in [0, 0.1) is 6.92 Å². The summed E-state index contributed by atoms with van der Waals surface area (Å²) in [6.45, 7) is 3.25. The molecule has 1 atom stereocenters. The Morgan fingerprint density at radius 1 is 1.29 bits per heavy atom. The van der Waals surface area contributed by atoms with Crippen LogP contribution in [0.5, 0.6) is 0 Å². The van der Waals surface area contributed by atoms with Crippen molar-refractivity contribution in [3.63, 3.8) is 0 Å². The van der Waals surface area contributed by atoms with Crippen molar-refractivity contribution < 1.29 is 0 Å². The minimum absolute atomic E-state index is 0.213. The molecule has 0 spiro atoms. The molecule has 14 heavy (non-hydrogen) atoms. The number of rotatable bonds is 1. The first-order chi connectivity index (χ1) is 6.79. The molecule has 1 unspecified atom stereocenters. The van der Waals surface area contributed by atoms with Crippen LogP contribution in [0.25, 0.3) is 0 Å². The van der Waals surface area contributed by atoms with Crippen LogP contribution in [0.2, 0.25) is 0 Å². The average molecular weight is 190 g/mol. The minimum atomic E-state index is 0.213. The van der Waals surface area contributed by atoms with Gasteiger partial charge >= 0.3 is 0 Å². The Morgan fingerprint density at radius 3 is 2.79 bits per heavy atom. The zero-order valence-electron chi connectivity index (χ0n) is 8.74. The van der Waals surface area contributed by atoms with E-state index >= 15 is 0 Å². The summed E-state index contributed by atoms with van der Waals surface area (Å²) in [7, 11) is 0. The van der Waals surface area contributed by atoms with Crippen molar-refractivity contribution in [3.05, 3.63) is 29.8 Å². The van der Waals surface area contributed by atoms with Gasteiger partial charge in [0.25, 0.3) is 0 Å². The summed E-state index contributed by atoms with van der Waals surface area (Å²) in [6, 6.07) is 8.48. The SMILES string of the molecule is Cc1ccccc1N1CCCCC1N. The maximum atomic E-state index is 6.11. The van der Waals surface area contributed by atoms with Crippen LogP contribution in [0.15, 0.2) is 24.3 Å². The summed E-state index contributed by atoms with van der Waals surface area (Å²) >= 11 is 0. The molecule has 2 N–H and O–H groups in total. The molecule has 0 aromatic heterocycles. The quantitative estimate of drug-likeness (QED) is 0.736. The van der Waals surface area contributed by atoms with Crippen LogP contribution in [-0.2, 0) is 0 Å². The molecule has 0 radical (unpaired) electrons. The van der Waals surface area contributed by atoms with E-state index in [2.05, 4.69) is 36.1 Å². The van der Waals surface area contributed by atoms with Gasteiger partial charge in [0.15, 0.2) is 0 Å². The first-order valence-corrected chi connectivity index (χ1v) is 5.37. The highest BCUT2D eigenvalue weighted by Gasteiger charge is 2.19. The third-order valence-electron chi connectivity index (χ3n) is 2.97. The zero-order valence-corrected chi connectivity index (χ0v) is 8.74. The van der Waals surface area contributed by atoms with E-state index in [0.717, 1.165) is 13.0 Å². The fourth-order valence-electron chi connectivity index (χ4n) is 2.14. The summed E-state index contributed by atoms with van der Waals surface area (Å²) in [4.78, 5) is 2.33. The van der Waals surface area contributed by atoms with Crippen LogP contribution >= 0.6 is 0 Å². The number of aryl methyl sites for hydroxylation is 1. The fourth-order valence-corrected chi connectivity index (χ4v) is 2.14. The molecule has 1 saturated heterocycles. The van der Waals surface area contributed by atoms with E-state index < -0.39 is 0 Å². The standard InChI is InChI=1S/C12H18N2/c1-10-6-2-3-7-11(10)14-9-5-4-8-12(14)13/h2-3,6-7,12H,4-5,8-9,13H2,1H3. The van der Waals surface area contributed by atoms with Gasteiger partial charge in [-0.1, -0.05) is 18.2 Å². The fraction of sp³-hybridized carbons (Fsp3) is 0.500. The number of hydrogen-bond acceptors (Lipinski definition) is 2. The van der Waals surface area contributed by atoms with Crippen molar-refractivity contribution in [3.8, 4) is 0 Å². The molecule has 1 heterocycles. The van der Waals surface area contributed by atoms with E-state index in [1.165, 1.54) is 24.1 Å². The van der Waals surface area contributed by atoms with E-state index in [1.807, 2.05) is 0 Å². The van der Waals surface area contributed by atoms with E-state index in [-0.39, 0.29) is 6.17 Å². The van der Waals surface area contributed by atoms with Gasteiger partial charge in [0.2, 0.25) is 0 Å². The van der Waals surface area contributed by atoms with E-state index in [0.29, 0.717) is 0 Å². The number of nitrogens with two attached hydrogens (primary N) is 1. The van der Waals surface area contributed by atoms with Crippen molar-refractivity contribution in [1.29, 1.82) is 0 Å². The van der Waals surface area contributed by atoms with Crippen LogP contribution < -0.4 is 10.6 Å². The number of piperidine rings is 1. The number of hydrogen-bond donors (Lipinski definition) is 1. The van der Waals surface area contributed by atoms with Gasteiger partial charge in [-0.3, -0.25) is 0 Å². The summed E-state index contributed by atoms with van der Waals surface area (Å²) in [6.07, 6.45) is 3.87. The molecule has 0 saturated carbocycles. The largest absolute Gasteiger partial charge is 0.356 e. The van der Waals surface area contributed by atoms with Crippen LogP contribution in [-0.4, -0.2) is 12.7 Å². The lowest BCUT2D eigenvalue weighted by molar-refractivity contribution is 0.469. The Labute approximate surface area is 85.7 Å². The molecule has 1 aromatic rings. The lowest BCUT2D eigenvalue weighted by Crippen LogP contribution is -2.45. The van der Waals surface area contributed by atoms with Crippen molar-refractivity contribution in [2.75, 3.05) is 11.4 Å². The van der Waals surface area contributed by atoms with E-state index in [1.54, 1.807) is 0 Å². The van der Waals surface area contributed by atoms with Crippen LogP contribution in [0.3, 0.4) is 0 Å². The Kier molecular flexibility index (Phi) is 2.73. The van der Waals surface area contributed by atoms with Gasteiger partial charge in [-0.05, 0) is 37.8 Å². The zero-order chi connectivity index (χ0) is 9.97. The number of nitrogens with zero attached hydrogens (tertiary/aromatic N) is 1. The number of benzene rings is 1. The Hall–Kier alpha value is -1.02. The minimum Gasteiger partial charge on any atom is -0.356 e. The lowest BCUT2D eigenvalue weighted by atomic mass is 10.1. The molecule has 2 rings (SSSR count). The topological polar surface area (TPSA) is 29.3 Å². The number of anilines is 1. The third kappa shape index (κ3) is 1.75. The van der Waals surface area contributed by atoms with Gasteiger partial charge in [0, 0.05) is 12.2 Å². The Morgan fingerprint density at radius 2 is 2.07 bits per heavy atom. The number of para-hydroxylation sites is 1. The Bertz CT molecular complexity index is 309. The maximum absolute atomic E-state index is 6.11. The van der Waals surface area contributed by atoms with Crippen LogP contribution in [0.1, 0.15) is 24.8 Å². The molecule has 76 valence electrons. The van der Waals surface area contributed by atoms with Gasteiger partial charge in [-0.2, -0.15) is 0 Å². The molecule has 1 aliphatic rings. The predicted molar refractivity (Wildman–Crippen MR) is 60.4 cm³/mol. The molecule has 2 heteroatoms. The summed E-state index contributed by atoms with van der Waals surface area (Å²) in [5.74, 6) is 0. The Balaban J connectivity index is 2.25. The maximum Gasteiger partial charge on any atom is 0.0770 e. The van der Waals surface area contributed by atoms with E-state index in [4.69, 9.17) is 5.73 Å². The third-order valence-corrected chi connectivity index (χ3v) is 2.97. The summed E-state index contributed by atoms with van der Waals surface area (Å²) in [5, 5.41) is 0. The normalized spacial score (nSPS) is 22.4. The van der Waals surface area contributed by atoms with Gasteiger partial charge < -0.3 is 10.6 Å². The lowest BCUT2D eigenvalue weighted by Gasteiger charge is -2.36. The van der Waals surface area contributed by atoms with Crippen molar-refractivity contribution >= 4 is 5.69 Å². The molecule has 0 amide bonds. The smallest absolute Gasteiger partial charge is 0.0770 e. The molecule has 1 aliphatic heterocycles. The highest BCUT2D eigenvalue weighted by molar-refractivity contribution is 5.53. The monoisotopic (exact) mass is 190 g/mol. The van der Waals surface area contributed by atoms with Crippen molar-refractivity contribution in [2.24, 2.45) is 5.73 Å². The molecule has 1 aromatic carbocycles. The highest BCUT2D eigenvalue weighted by atomic mass is 15.2. The first kappa shape index (κ1) is 9.53. The van der Waals surface area contributed by atoms with Gasteiger partial charge in [-0.15, -0.1) is 0 Å². The molecule has 0 aliphatic carbocycles. The molecule has 0 bridgehead atoms. The second-order valence-electron chi connectivity index (χ2n) is 4.04. The van der Waals surface area contributed by atoms with Crippen LogP contribution in [0.4, 0.5) is 5.69 Å². The van der Waals surface area contributed by atoms with E-state index in [9.17, 15) is 0 Å². The summed E-state index contributed by atoms with van der Waals surface area (Å²) in [5.41, 5.74) is 8.74. The molecule has 1 fully saturated rings. The molecular formula is C12H18N2. The second-order valence-corrected chi connectivity index (χ2v) is 4.04. The van der Waals surface area contributed by atoms with Crippen molar-refractivity contribution in [2.45, 2.75) is 32.4 Å². The second kappa shape index (κ2) is 4.01. The average Bonchev–Trinajstić information content (AvgIpc) is 2.20. The van der Waals surface area contributed by atoms with Gasteiger partial charge in [-0.25, -0.2) is 0 Å². The highest BCUT2D eigenvalue weighted by Crippen LogP contribution is 2.25. The summed E-state index contributed by atoms with van der Waals surface area (Å²) < 4.78 is 0. The van der Waals surface area contributed by atoms with Gasteiger partial charge in [0.05, 0.1) is 6.17 Å². The molecule has 2 nitrogen and oxygen atoms in total. The van der Waals surface area contributed by atoms with Crippen molar-refractivity contribution in [1.82, 2.24) is 0 Å². The predicted octanol–water partition coefficient (Wildman–Crippen LogP) is 2.27. The van der Waals surface area contributed by atoms with Gasteiger partial charge in [0.1, 0.15) is 0 Å². The first-order valence-electron chi connectivity index (χ1n) is 5.37.